The van der Waals surface area contributed by atoms with E-state index in [1.807, 2.05) is 4.90 Å². The molecule has 28 heavy (non-hydrogen) atoms. The Morgan fingerprint density at radius 3 is 2.54 bits per heavy atom. The van der Waals surface area contributed by atoms with Crippen LogP contribution in [0.15, 0.2) is 28.8 Å². The summed E-state index contributed by atoms with van der Waals surface area (Å²) < 4.78 is 18.4. The average molecular weight is 386 g/mol. The summed E-state index contributed by atoms with van der Waals surface area (Å²) in [6.45, 7) is 3.69. The van der Waals surface area contributed by atoms with E-state index < -0.39 is 0 Å². The molecule has 1 aliphatic heterocycles. The van der Waals surface area contributed by atoms with Gasteiger partial charge in [0.2, 0.25) is 17.6 Å². The molecule has 0 bridgehead atoms. The zero-order chi connectivity index (χ0) is 19.3. The van der Waals surface area contributed by atoms with Crippen molar-refractivity contribution in [1.82, 2.24) is 19.9 Å². The molecule has 1 aliphatic carbocycles. The zero-order valence-corrected chi connectivity index (χ0v) is 16.1. The second-order valence-electron chi connectivity index (χ2n) is 7.86. The summed E-state index contributed by atoms with van der Waals surface area (Å²) in [5.74, 6) is 1.78. The third-order valence-electron chi connectivity index (χ3n) is 5.90. The highest BCUT2D eigenvalue weighted by atomic mass is 19.1. The van der Waals surface area contributed by atoms with Gasteiger partial charge in [-0.25, -0.2) is 4.39 Å². The van der Waals surface area contributed by atoms with Crippen LogP contribution in [0.25, 0.3) is 11.4 Å². The van der Waals surface area contributed by atoms with Crippen molar-refractivity contribution in [2.45, 2.75) is 45.1 Å². The lowest BCUT2D eigenvalue weighted by Gasteiger charge is -2.34. The number of hydrogen-bond donors (Lipinski definition) is 0. The SMILES string of the molecule is O=C(CCC1CCCC1)N1CCN(Cc2nc(-c3ccc(F)cc3)no2)CC1. The summed E-state index contributed by atoms with van der Waals surface area (Å²) in [5, 5.41) is 3.99. The van der Waals surface area contributed by atoms with E-state index in [-0.39, 0.29) is 5.82 Å². The summed E-state index contributed by atoms with van der Waals surface area (Å²) in [6, 6.07) is 6.04. The van der Waals surface area contributed by atoms with Crippen LogP contribution in [-0.2, 0) is 11.3 Å². The lowest BCUT2D eigenvalue weighted by molar-refractivity contribution is -0.133. The van der Waals surface area contributed by atoms with Crippen LogP contribution in [0, 0.1) is 11.7 Å². The van der Waals surface area contributed by atoms with E-state index in [2.05, 4.69) is 15.0 Å². The van der Waals surface area contributed by atoms with Gasteiger partial charge in [0.1, 0.15) is 5.82 Å². The standard InChI is InChI=1S/C21H27FN4O2/c22-18-8-6-17(7-9-18)21-23-19(28-24-21)15-25-11-13-26(14-12-25)20(27)10-5-16-3-1-2-4-16/h6-9,16H,1-5,10-15H2. The van der Waals surface area contributed by atoms with Crippen molar-refractivity contribution in [2.24, 2.45) is 5.92 Å². The van der Waals surface area contributed by atoms with Crippen LogP contribution < -0.4 is 0 Å². The molecule has 1 aromatic heterocycles. The van der Waals surface area contributed by atoms with Gasteiger partial charge in [-0.05, 0) is 36.6 Å². The molecule has 6 nitrogen and oxygen atoms in total. The quantitative estimate of drug-likeness (QED) is 0.760. The molecule has 0 unspecified atom stereocenters. The van der Waals surface area contributed by atoms with E-state index in [1.165, 1.54) is 37.8 Å². The fourth-order valence-electron chi connectivity index (χ4n) is 4.17. The lowest BCUT2D eigenvalue weighted by atomic mass is 10.0. The van der Waals surface area contributed by atoms with Crippen LogP contribution in [-0.4, -0.2) is 52.0 Å². The van der Waals surface area contributed by atoms with Crippen molar-refractivity contribution >= 4 is 5.91 Å². The van der Waals surface area contributed by atoms with Crippen LogP contribution in [0.4, 0.5) is 4.39 Å². The molecule has 1 amide bonds. The largest absolute Gasteiger partial charge is 0.340 e. The average Bonchev–Trinajstić information content (AvgIpc) is 3.39. The third kappa shape index (κ3) is 4.76. The lowest BCUT2D eigenvalue weighted by Crippen LogP contribution is -2.48. The third-order valence-corrected chi connectivity index (χ3v) is 5.90. The number of benzene rings is 1. The van der Waals surface area contributed by atoms with Crippen LogP contribution in [0.1, 0.15) is 44.4 Å². The number of piperazine rings is 1. The summed E-state index contributed by atoms with van der Waals surface area (Å²) in [6.07, 6.45) is 6.99. The minimum absolute atomic E-state index is 0.289. The molecule has 4 rings (SSSR count). The summed E-state index contributed by atoms with van der Waals surface area (Å²) in [7, 11) is 0. The second-order valence-corrected chi connectivity index (χ2v) is 7.86. The minimum atomic E-state index is -0.289. The van der Waals surface area contributed by atoms with Crippen LogP contribution in [0.3, 0.4) is 0 Å². The van der Waals surface area contributed by atoms with E-state index in [0.717, 1.165) is 44.1 Å². The predicted octanol–water partition coefficient (Wildman–Crippen LogP) is 3.49. The smallest absolute Gasteiger partial charge is 0.241 e. The molecule has 1 saturated heterocycles. The maximum atomic E-state index is 13.0. The molecule has 1 saturated carbocycles. The first kappa shape index (κ1) is 19.1. The van der Waals surface area contributed by atoms with Crippen molar-refractivity contribution in [2.75, 3.05) is 26.2 Å². The number of carbonyl (C=O) groups is 1. The first-order valence-electron chi connectivity index (χ1n) is 10.3. The first-order chi connectivity index (χ1) is 13.7. The van der Waals surface area contributed by atoms with Crippen LogP contribution in [0.5, 0.6) is 0 Å². The number of aromatic nitrogens is 2. The Hall–Kier alpha value is -2.28. The maximum absolute atomic E-state index is 13.0. The van der Waals surface area contributed by atoms with Gasteiger partial charge in [0, 0.05) is 38.2 Å². The Kier molecular flexibility index (Phi) is 6.00. The van der Waals surface area contributed by atoms with Gasteiger partial charge in [0.15, 0.2) is 0 Å². The molecule has 0 atom stereocenters. The van der Waals surface area contributed by atoms with E-state index >= 15 is 0 Å². The topological polar surface area (TPSA) is 62.5 Å². The van der Waals surface area contributed by atoms with E-state index in [9.17, 15) is 9.18 Å². The molecular formula is C21H27FN4O2. The van der Waals surface area contributed by atoms with E-state index in [0.29, 0.717) is 30.6 Å². The maximum Gasteiger partial charge on any atom is 0.241 e. The van der Waals surface area contributed by atoms with Crippen molar-refractivity contribution < 1.29 is 13.7 Å². The molecule has 0 spiro atoms. The number of halogens is 1. The van der Waals surface area contributed by atoms with Crippen LogP contribution >= 0.6 is 0 Å². The Bertz CT molecular complexity index is 778. The zero-order valence-electron chi connectivity index (χ0n) is 16.1. The Balaban J connectivity index is 1.23. The van der Waals surface area contributed by atoms with Gasteiger partial charge in [0.25, 0.3) is 0 Å². The Morgan fingerprint density at radius 1 is 1.11 bits per heavy atom. The van der Waals surface area contributed by atoms with Gasteiger partial charge < -0.3 is 9.42 Å². The summed E-state index contributed by atoms with van der Waals surface area (Å²) in [4.78, 5) is 21.1. The summed E-state index contributed by atoms with van der Waals surface area (Å²) >= 11 is 0. The molecule has 2 fully saturated rings. The monoisotopic (exact) mass is 386 g/mol. The molecule has 2 aliphatic rings. The molecule has 0 radical (unpaired) electrons. The number of carbonyl (C=O) groups excluding carboxylic acids is 1. The first-order valence-corrected chi connectivity index (χ1v) is 10.3. The number of nitrogens with zero attached hydrogens (tertiary/aromatic N) is 4. The van der Waals surface area contributed by atoms with Crippen LogP contribution in [0.2, 0.25) is 0 Å². The van der Waals surface area contributed by atoms with Gasteiger partial charge in [0.05, 0.1) is 6.54 Å². The number of hydrogen-bond acceptors (Lipinski definition) is 5. The minimum Gasteiger partial charge on any atom is -0.340 e. The van der Waals surface area contributed by atoms with Crippen molar-refractivity contribution in [1.29, 1.82) is 0 Å². The number of amides is 1. The molecular weight excluding hydrogens is 359 g/mol. The van der Waals surface area contributed by atoms with E-state index in [1.54, 1.807) is 12.1 Å². The Labute approximate surface area is 164 Å². The molecule has 2 heterocycles. The van der Waals surface area contributed by atoms with Gasteiger partial charge in [-0.2, -0.15) is 4.98 Å². The number of rotatable bonds is 6. The van der Waals surface area contributed by atoms with Gasteiger partial charge in [-0.3, -0.25) is 9.69 Å². The highest BCUT2D eigenvalue weighted by molar-refractivity contribution is 5.76. The Morgan fingerprint density at radius 2 is 1.82 bits per heavy atom. The highest BCUT2D eigenvalue weighted by Gasteiger charge is 2.24. The molecule has 150 valence electrons. The molecule has 7 heteroatoms. The second kappa shape index (κ2) is 8.82. The fraction of sp³-hybridized carbons (Fsp3) is 0.571. The molecule has 1 aromatic carbocycles. The highest BCUT2D eigenvalue weighted by Crippen LogP contribution is 2.28. The van der Waals surface area contributed by atoms with Gasteiger partial charge >= 0.3 is 0 Å². The van der Waals surface area contributed by atoms with Gasteiger partial charge in [-0.1, -0.05) is 30.8 Å². The predicted molar refractivity (Wildman–Crippen MR) is 103 cm³/mol. The van der Waals surface area contributed by atoms with Gasteiger partial charge in [-0.15, -0.1) is 0 Å². The van der Waals surface area contributed by atoms with E-state index in [4.69, 9.17) is 4.52 Å². The fourth-order valence-corrected chi connectivity index (χ4v) is 4.17. The van der Waals surface area contributed by atoms with Crippen molar-refractivity contribution in [3.63, 3.8) is 0 Å². The molecule has 0 N–H and O–H groups in total. The normalized spacial score (nSPS) is 18.7. The van der Waals surface area contributed by atoms with Crippen molar-refractivity contribution in [3.05, 3.63) is 36.0 Å². The summed E-state index contributed by atoms with van der Waals surface area (Å²) in [5.41, 5.74) is 0.731. The van der Waals surface area contributed by atoms with Crippen molar-refractivity contribution in [3.8, 4) is 11.4 Å². The molecule has 2 aromatic rings.